The molecule has 2 amide bonds. The number of hydrogen-bond acceptors (Lipinski definition) is 2. The summed E-state index contributed by atoms with van der Waals surface area (Å²) in [5.74, 6) is -1.09. The number of nitrogens with zero attached hydrogens (tertiary/aromatic N) is 1. The quantitative estimate of drug-likeness (QED) is 0.886. The van der Waals surface area contributed by atoms with E-state index in [2.05, 4.69) is 5.32 Å². The van der Waals surface area contributed by atoms with Crippen LogP contribution in [0.25, 0.3) is 0 Å². The average Bonchev–Trinajstić information content (AvgIpc) is 2.87. The van der Waals surface area contributed by atoms with E-state index in [-0.39, 0.29) is 11.9 Å². The molecule has 1 aromatic carbocycles. The number of rotatable bonds is 4. The van der Waals surface area contributed by atoms with Crippen LogP contribution in [0, 0.1) is 5.92 Å². The number of benzene rings is 1. The molecule has 108 valence electrons. The van der Waals surface area contributed by atoms with Gasteiger partial charge in [0.1, 0.15) is 6.04 Å². The van der Waals surface area contributed by atoms with E-state index in [0.29, 0.717) is 13.0 Å². The molecule has 2 rings (SSSR count). The van der Waals surface area contributed by atoms with Gasteiger partial charge in [-0.15, -0.1) is 0 Å². The zero-order valence-electron chi connectivity index (χ0n) is 11.8. The molecule has 1 aliphatic rings. The maximum Gasteiger partial charge on any atom is 0.326 e. The number of carbonyl (C=O) groups excluding carboxylic acids is 1. The number of carboxylic acid groups (broad SMARTS) is 1. The summed E-state index contributed by atoms with van der Waals surface area (Å²) in [6.45, 7) is 4.34. The summed E-state index contributed by atoms with van der Waals surface area (Å²) in [6, 6.07) is 6.53. The lowest BCUT2D eigenvalue weighted by Crippen LogP contribution is -2.50. The summed E-state index contributed by atoms with van der Waals surface area (Å²) in [7, 11) is 0. The standard InChI is InChI=1S/C15H20N2O3/c1-3-10(2)13(14(18)19)16-15(20)17-9-8-11-6-4-5-7-12(11)17/h4-7,10,13H,3,8-9H2,1-2H3,(H,16,20)(H,18,19)/t10-,13-/m0/s1. The van der Waals surface area contributed by atoms with Crippen LogP contribution in [-0.4, -0.2) is 29.7 Å². The van der Waals surface area contributed by atoms with Gasteiger partial charge in [0.15, 0.2) is 0 Å². The SMILES string of the molecule is CC[C@H](C)[C@H](NC(=O)N1CCc2ccccc21)C(=O)O. The van der Waals surface area contributed by atoms with E-state index in [1.807, 2.05) is 38.1 Å². The van der Waals surface area contributed by atoms with Crippen LogP contribution in [0.2, 0.25) is 0 Å². The molecule has 20 heavy (non-hydrogen) atoms. The van der Waals surface area contributed by atoms with Crippen LogP contribution in [0.1, 0.15) is 25.8 Å². The van der Waals surface area contributed by atoms with Crippen molar-refractivity contribution in [3.05, 3.63) is 29.8 Å². The van der Waals surface area contributed by atoms with Gasteiger partial charge in [-0.25, -0.2) is 9.59 Å². The third-order valence-electron chi connectivity index (χ3n) is 3.89. The Morgan fingerprint density at radius 3 is 2.75 bits per heavy atom. The monoisotopic (exact) mass is 276 g/mol. The van der Waals surface area contributed by atoms with Crippen molar-refractivity contribution in [1.82, 2.24) is 5.32 Å². The lowest BCUT2D eigenvalue weighted by molar-refractivity contribution is -0.140. The normalized spacial score (nSPS) is 16.4. The fourth-order valence-corrected chi connectivity index (χ4v) is 2.44. The maximum absolute atomic E-state index is 12.3. The Bertz CT molecular complexity index is 516. The highest BCUT2D eigenvalue weighted by molar-refractivity contribution is 5.96. The van der Waals surface area contributed by atoms with E-state index in [1.165, 1.54) is 0 Å². The topological polar surface area (TPSA) is 69.6 Å². The first-order valence-electron chi connectivity index (χ1n) is 6.93. The summed E-state index contributed by atoms with van der Waals surface area (Å²) in [5.41, 5.74) is 2.00. The summed E-state index contributed by atoms with van der Waals surface area (Å²) in [5, 5.41) is 11.9. The third-order valence-corrected chi connectivity index (χ3v) is 3.89. The maximum atomic E-state index is 12.3. The molecule has 2 atom stereocenters. The van der Waals surface area contributed by atoms with E-state index in [0.717, 1.165) is 17.7 Å². The Kier molecular flexibility index (Phi) is 4.27. The van der Waals surface area contributed by atoms with Gasteiger partial charge in [0.2, 0.25) is 0 Å². The minimum Gasteiger partial charge on any atom is -0.480 e. The Balaban J connectivity index is 2.11. The number of carbonyl (C=O) groups is 2. The Hall–Kier alpha value is -2.04. The first-order valence-corrected chi connectivity index (χ1v) is 6.93. The van der Waals surface area contributed by atoms with Crippen molar-refractivity contribution in [2.24, 2.45) is 5.92 Å². The fourth-order valence-electron chi connectivity index (χ4n) is 2.44. The molecular formula is C15H20N2O3. The third kappa shape index (κ3) is 2.76. The predicted molar refractivity (Wildman–Crippen MR) is 76.9 cm³/mol. The molecule has 5 nitrogen and oxygen atoms in total. The van der Waals surface area contributed by atoms with Crippen molar-refractivity contribution < 1.29 is 14.7 Å². The summed E-state index contributed by atoms with van der Waals surface area (Å²) < 4.78 is 0. The van der Waals surface area contributed by atoms with Crippen LogP contribution in [-0.2, 0) is 11.2 Å². The van der Waals surface area contributed by atoms with Gasteiger partial charge in [0, 0.05) is 12.2 Å². The number of para-hydroxylation sites is 1. The second kappa shape index (κ2) is 5.94. The number of amides is 2. The molecule has 1 aromatic rings. The Labute approximate surface area is 118 Å². The summed E-state index contributed by atoms with van der Waals surface area (Å²) in [6.07, 6.45) is 1.51. The Morgan fingerprint density at radius 2 is 2.10 bits per heavy atom. The highest BCUT2D eigenvalue weighted by atomic mass is 16.4. The fraction of sp³-hybridized carbons (Fsp3) is 0.467. The number of aliphatic carboxylic acids is 1. The molecule has 1 aliphatic heterocycles. The smallest absolute Gasteiger partial charge is 0.326 e. The highest BCUT2D eigenvalue weighted by Crippen LogP contribution is 2.27. The van der Waals surface area contributed by atoms with Crippen molar-refractivity contribution in [3.8, 4) is 0 Å². The lowest BCUT2D eigenvalue weighted by atomic mass is 9.99. The average molecular weight is 276 g/mol. The van der Waals surface area contributed by atoms with Crippen molar-refractivity contribution in [3.63, 3.8) is 0 Å². The molecule has 0 bridgehead atoms. The number of fused-ring (bicyclic) bond motifs is 1. The molecule has 2 N–H and O–H groups in total. The molecule has 1 heterocycles. The van der Waals surface area contributed by atoms with Crippen LogP contribution in [0.15, 0.2) is 24.3 Å². The van der Waals surface area contributed by atoms with E-state index < -0.39 is 12.0 Å². The molecule has 0 radical (unpaired) electrons. The molecule has 0 aromatic heterocycles. The van der Waals surface area contributed by atoms with Gasteiger partial charge in [-0.3, -0.25) is 4.90 Å². The first-order chi connectivity index (χ1) is 9.54. The second-order valence-electron chi connectivity index (χ2n) is 5.18. The highest BCUT2D eigenvalue weighted by Gasteiger charge is 2.30. The van der Waals surface area contributed by atoms with Crippen molar-refractivity contribution in [2.45, 2.75) is 32.7 Å². The first kappa shape index (κ1) is 14.4. The Morgan fingerprint density at radius 1 is 1.40 bits per heavy atom. The van der Waals surface area contributed by atoms with Crippen LogP contribution in [0.4, 0.5) is 10.5 Å². The molecular weight excluding hydrogens is 256 g/mol. The molecule has 0 fully saturated rings. The van der Waals surface area contributed by atoms with E-state index in [9.17, 15) is 14.7 Å². The lowest BCUT2D eigenvalue weighted by Gasteiger charge is -2.24. The molecule has 0 spiro atoms. The van der Waals surface area contributed by atoms with Crippen LogP contribution in [0.3, 0.4) is 0 Å². The van der Waals surface area contributed by atoms with Crippen molar-refractivity contribution in [1.29, 1.82) is 0 Å². The number of urea groups is 1. The number of hydrogen-bond donors (Lipinski definition) is 2. The van der Waals surface area contributed by atoms with E-state index in [1.54, 1.807) is 4.90 Å². The number of anilines is 1. The largest absolute Gasteiger partial charge is 0.480 e. The van der Waals surface area contributed by atoms with Crippen molar-refractivity contribution in [2.75, 3.05) is 11.4 Å². The minimum absolute atomic E-state index is 0.103. The second-order valence-corrected chi connectivity index (χ2v) is 5.18. The molecule has 0 saturated carbocycles. The molecule has 5 heteroatoms. The van der Waals surface area contributed by atoms with Gasteiger partial charge in [-0.05, 0) is 24.0 Å². The molecule has 0 saturated heterocycles. The van der Waals surface area contributed by atoms with E-state index in [4.69, 9.17) is 0 Å². The zero-order chi connectivity index (χ0) is 14.7. The molecule has 0 aliphatic carbocycles. The zero-order valence-corrected chi connectivity index (χ0v) is 11.8. The van der Waals surface area contributed by atoms with Gasteiger partial charge in [0.05, 0.1) is 0 Å². The number of nitrogens with one attached hydrogen (secondary N) is 1. The van der Waals surface area contributed by atoms with Crippen molar-refractivity contribution >= 4 is 17.7 Å². The summed E-state index contributed by atoms with van der Waals surface area (Å²) in [4.78, 5) is 25.2. The van der Waals surface area contributed by atoms with E-state index >= 15 is 0 Å². The van der Waals surface area contributed by atoms with Gasteiger partial charge in [0.25, 0.3) is 0 Å². The van der Waals surface area contributed by atoms with Gasteiger partial charge in [-0.2, -0.15) is 0 Å². The van der Waals surface area contributed by atoms with Crippen LogP contribution in [0.5, 0.6) is 0 Å². The van der Waals surface area contributed by atoms with Crippen LogP contribution >= 0.6 is 0 Å². The summed E-state index contributed by atoms with van der Waals surface area (Å²) >= 11 is 0. The predicted octanol–water partition coefficient (Wildman–Crippen LogP) is 2.26. The van der Waals surface area contributed by atoms with Crippen LogP contribution < -0.4 is 10.2 Å². The molecule has 0 unspecified atom stereocenters. The van der Waals surface area contributed by atoms with Gasteiger partial charge >= 0.3 is 12.0 Å². The van der Waals surface area contributed by atoms with Gasteiger partial charge < -0.3 is 10.4 Å². The number of carboxylic acids is 1. The van der Waals surface area contributed by atoms with Gasteiger partial charge in [-0.1, -0.05) is 38.5 Å². The minimum atomic E-state index is -0.986.